The minimum atomic E-state index is -3.70. The molecule has 0 aliphatic heterocycles. The third-order valence-electron chi connectivity index (χ3n) is 3.15. The molecule has 6 nitrogen and oxygen atoms in total. The zero-order valence-electron chi connectivity index (χ0n) is 13.5. The first-order valence-electron chi connectivity index (χ1n) is 7.34. The Kier molecular flexibility index (Phi) is 6.83. The molecule has 2 N–H and O–H groups in total. The van der Waals surface area contributed by atoms with Crippen LogP contribution in [0.5, 0.6) is 5.75 Å². The van der Waals surface area contributed by atoms with E-state index in [1.807, 2.05) is 13.8 Å². The van der Waals surface area contributed by atoms with E-state index in [2.05, 4.69) is 10.0 Å². The van der Waals surface area contributed by atoms with Crippen molar-refractivity contribution in [3.8, 4) is 5.75 Å². The maximum atomic E-state index is 12.2. The zero-order valence-corrected chi connectivity index (χ0v) is 14.3. The smallest absolute Gasteiger partial charge is 0.251 e. The van der Waals surface area contributed by atoms with Crippen molar-refractivity contribution < 1.29 is 17.9 Å². The molecule has 0 heterocycles. The van der Waals surface area contributed by atoms with Gasteiger partial charge in [-0.1, -0.05) is 20.3 Å². The molecule has 0 saturated heterocycles. The topological polar surface area (TPSA) is 84.5 Å². The van der Waals surface area contributed by atoms with Gasteiger partial charge in [0.1, 0.15) is 10.6 Å². The predicted molar refractivity (Wildman–Crippen MR) is 85.7 cm³/mol. The largest absolute Gasteiger partial charge is 0.495 e. The lowest BCUT2D eigenvalue weighted by Gasteiger charge is -2.15. The molecule has 1 atom stereocenters. The highest BCUT2D eigenvalue weighted by Crippen LogP contribution is 2.24. The molecule has 0 spiro atoms. The lowest BCUT2D eigenvalue weighted by Crippen LogP contribution is -2.32. The number of methoxy groups -OCH3 is 1. The van der Waals surface area contributed by atoms with E-state index in [4.69, 9.17) is 4.74 Å². The van der Waals surface area contributed by atoms with E-state index in [9.17, 15) is 13.2 Å². The Morgan fingerprint density at radius 1 is 1.32 bits per heavy atom. The minimum absolute atomic E-state index is 0.0346. The molecular weight excluding hydrogens is 304 g/mol. The summed E-state index contributed by atoms with van der Waals surface area (Å²) in [6.07, 6.45) is 1.83. The predicted octanol–water partition coefficient (Wildman–Crippen LogP) is 1.91. The molecular formula is C15H24N2O4S. The summed E-state index contributed by atoms with van der Waals surface area (Å²) in [7, 11) is -2.31. The number of ether oxygens (including phenoxy) is 1. The molecule has 0 aliphatic carbocycles. The Hall–Kier alpha value is -1.60. The normalized spacial score (nSPS) is 12.7. The van der Waals surface area contributed by atoms with Gasteiger partial charge in [0.05, 0.1) is 7.11 Å². The molecule has 1 aromatic carbocycles. The van der Waals surface area contributed by atoms with Crippen LogP contribution in [0, 0.1) is 0 Å². The first kappa shape index (κ1) is 18.4. The van der Waals surface area contributed by atoms with Crippen LogP contribution in [0.1, 0.15) is 44.0 Å². The van der Waals surface area contributed by atoms with Crippen molar-refractivity contribution in [1.82, 2.24) is 10.0 Å². The van der Waals surface area contributed by atoms with Gasteiger partial charge in [0.2, 0.25) is 10.0 Å². The van der Waals surface area contributed by atoms with Crippen LogP contribution in [0.3, 0.4) is 0 Å². The molecule has 124 valence electrons. The van der Waals surface area contributed by atoms with Crippen LogP contribution in [0.2, 0.25) is 0 Å². The fourth-order valence-electron chi connectivity index (χ4n) is 2.11. The summed E-state index contributed by atoms with van der Waals surface area (Å²) in [5.74, 6) is -0.0874. The third-order valence-corrected chi connectivity index (χ3v) is 4.72. The van der Waals surface area contributed by atoms with Crippen LogP contribution in [0.4, 0.5) is 0 Å². The number of nitrogens with one attached hydrogen (secondary N) is 2. The zero-order chi connectivity index (χ0) is 16.8. The first-order valence-corrected chi connectivity index (χ1v) is 8.82. The summed E-state index contributed by atoms with van der Waals surface area (Å²) in [5.41, 5.74) is 0.292. The van der Waals surface area contributed by atoms with Crippen LogP contribution in [0.25, 0.3) is 0 Å². The van der Waals surface area contributed by atoms with Crippen LogP contribution < -0.4 is 14.8 Å². The van der Waals surface area contributed by atoms with Crippen molar-refractivity contribution in [2.24, 2.45) is 0 Å². The van der Waals surface area contributed by atoms with E-state index in [0.717, 1.165) is 12.8 Å². The first-order chi connectivity index (χ1) is 10.4. The van der Waals surface area contributed by atoms with E-state index in [0.29, 0.717) is 5.56 Å². The summed E-state index contributed by atoms with van der Waals surface area (Å²) >= 11 is 0. The van der Waals surface area contributed by atoms with Crippen molar-refractivity contribution in [3.63, 3.8) is 0 Å². The Balaban J connectivity index is 3.12. The van der Waals surface area contributed by atoms with Gasteiger partial charge < -0.3 is 10.1 Å². The molecule has 0 aromatic heterocycles. The maximum absolute atomic E-state index is 12.2. The van der Waals surface area contributed by atoms with Crippen LogP contribution >= 0.6 is 0 Å². The summed E-state index contributed by atoms with van der Waals surface area (Å²) < 4.78 is 31.9. The Morgan fingerprint density at radius 3 is 2.55 bits per heavy atom. The van der Waals surface area contributed by atoms with Crippen molar-refractivity contribution in [2.75, 3.05) is 13.7 Å². The second kappa shape index (κ2) is 8.14. The lowest BCUT2D eigenvalue weighted by molar-refractivity contribution is 0.0938. The fourth-order valence-corrected chi connectivity index (χ4v) is 3.34. The van der Waals surface area contributed by atoms with Gasteiger partial charge >= 0.3 is 0 Å². The number of sulfonamides is 1. The molecule has 7 heteroatoms. The molecule has 0 unspecified atom stereocenters. The van der Waals surface area contributed by atoms with Gasteiger partial charge in [-0.05, 0) is 31.5 Å². The Morgan fingerprint density at radius 2 is 2.00 bits per heavy atom. The molecule has 1 amide bonds. The van der Waals surface area contributed by atoms with Gasteiger partial charge in [0.25, 0.3) is 5.91 Å². The molecule has 1 aromatic rings. The van der Waals surface area contributed by atoms with Gasteiger partial charge in [-0.25, -0.2) is 13.1 Å². The fraction of sp³-hybridized carbons (Fsp3) is 0.533. The summed E-state index contributed by atoms with van der Waals surface area (Å²) in [6.45, 7) is 5.90. The van der Waals surface area contributed by atoms with E-state index >= 15 is 0 Å². The second-order valence-electron chi connectivity index (χ2n) is 5.03. The number of hydrogen-bond donors (Lipinski definition) is 2. The van der Waals surface area contributed by atoms with E-state index < -0.39 is 10.0 Å². The van der Waals surface area contributed by atoms with E-state index in [1.54, 1.807) is 13.0 Å². The third kappa shape index (κ3) is 4.71. The highest BCUT2D eigenvalue weighted by Gasteiger charge is 2.21. The minimum Gasteiger partial charge on any atom is -0.495 e. The van der Waals surface area contributed by atoms with Crippen molar-refractivity contribution >= 4 is 15.9 Å². The average molecular weight is 328 g/mol. The number of carbonyl (C=O) groups is 1. The van der Waals surface area contributed by atoms with Crippen LogP contribution in [0.15, 0.2) is 23.1 Å². The molecule has 1 rings (SSSR count). The monoisotopic (exact) mass is 328 g/mol. The summed E-state index contributed by atoms with van der Waals surface area (Å²) in [5, 5.41) is 2.85. The van der Waals surface area contributed by atoms with E-state index in [1.165, 1.54) is 19.2 Å². The molecule has 0 bridgehead atoms. The molecule has 22 heavy (non-hydrogen) atoms. The van der Waals surface area contributed by atoms with Crippen LogP contribution in [-0.4, -0.2) is 34.0 Å². The quantitative estimate of drug-likeness (QED) is 0.763. The number of amides is 1. The Bertz CT molecular complexity index is 614. The van der Waals surface area contributed by atoms with Crippen molar-refractivity contribution in [2.45, 2.75) is 44.6 Å². The molecule has 0 saturated carbocycles. The highest BCUT2D eigenvalue weighted by atomic mass is 32.2. The summed E-state index contributed by atoms with van der Waals surface area (Å²) in [6, 6.07) is 4.42. The van der Waals surface area contributed by atoms with Crippen molar-refractivity contribution in [3.05, 3.63) is 23.8 Å². The Labute approximate surface area is 132 Å². The average Bonchev–Trinajstić information content (AvgIpc) is 2.46. The van der Waals surface area contributed by atoms with Gasteiger partial charge in [-0.3, -0.25) is 4.79 Å². The van der Waals surface area contributed by atoms with Crippen LogP contribution in [-0.2, 0) is 10.0 Å². The van der Waals surface area contributed by atoms with Gasteiger partial charge in [-0.15, -0.1) is 0 Å². The SMILES string of the molecule is CCC[C@H](C)NC(=O)c1ccc(OC)c(S(=O)(=O)NCC)c1. The number of rotatable bonds is 8. The van der Waals surface area contributed by atoms with Gasteiger partial charge in [0.15, 0.2) is 0 Å². The van der Waals surface area contributed by atoms with Gasteiger partial charge in [-0.2, -0.15) is 0 Å². The molecule has 0 radical (unpaired) electrons. The standard InChI is InChI=1S/C15H24N2O4S/c1-5-7-11(3)17-15(18)12-8-9-13(21-4)14(10-12)22(19,20)16-6-2/h8-11,16H,5-7H2,1-4H3,(H,17,18)/t11-/m0/s1. The number of carbonyl (C=O) groups excluding carboxylic acids is 1. The molecule has 0 fully saturated rings. The van der Waals surface area contributed by atoms with E-state index in [-0.39, 0.29) is 29.1 Å². The highest BCUT2D eigenvalue weighted by molar-refractivity contribution is 7.89. The lowest BCUT2D eigenvalue weighted by atomic mass is 10.1. The van der Waals surface area contributed by atoms with Gasteiger partial charge in [0, 0.05) is 18.2 Å². The maximum Gasteiger partial charge on any atom is 0.251 e. The molecule has 0 aliphatic rings. The van der Waals surface area contributed by atoms with Crippen molar-refractivity contribution in [1.29, 1.82) is 0 Å². The number of benzene rings is 1. The summed E-state index contributed by atoms with van der Waals surface area (Å²) in [4.78, 5) is 12.2. The second-order valence-corrected chi connectivity index (χ2v) is 6.77. The number of hydrogen-bond acceptors (Lipinski definition) is 4.